The third-order valence-corrected chi connectivity index (χ3v) is 6.85. The molecule has 0 unspecified atom stereocenters. The molecule has 0 heterocycles. The summed E-state index contributed by atoms with van der Waals surface area (Å²) >= 11 is 0. The van der Waals surface area contributed by atoms with E-state index in [0.717, 1.165) is 18.9 Å². The van der Waals surface area contributed by atoms with Crippen molar-refractivity contribution in [1.29, 1.82) is 0 Å². The van der Waals surface area contributed by atoms with Gasteiger partial charge in [0.05, 0.1) is 10.4 Å². The fourth-order valence-corrected chi connectivity index (χ4v) is 3.83. The predicted octanol–water partition coefficient (Wildman–Crippen LogP) is 3.79. The van der Waals surface area contributed by atoms with Gasteiger partial charge in [0.2, 0.25) is 10.0 Å². The molecule has 4 nitrogen and oxygen atoms in total. The first kappa shape index (κ1) is 20.0. The molecule has 0 saturated heterocycles. The Labute approximate surface area is 147 Å². The number of hydrogen-bond acceptors (Lipinski definition) is 3. The predicted molar refractivity (Wildman–Crippen MR) is 92.4 cm³/mol. The fraction of sp³-hybridized carbons (Fsp3) is 0.647. The van der Waals surface area contributed by atoms with E-state index in [1.807, 2.05) is 0 Å². The lowest BCUT2D eigenvalue weighted by atomic mass is 9.86. The van der Waals surface area contributed by atoms with Gasteiger partial charge < -0.3 is 5.32 Å². The molecule has 0 aliphatic heterocycles. The van der Waals surface area contributed by atoms with E-state index in [9.17, 15) is 21.6 Å². The van der Waals surface area contributed by atoms with Crippen LogP contribution in [0.3, 0.4) is 0 Å². The lowest BCUT2D eigenvalue weighted by molar-refractivity contribution is 0.322. The molecule has 1 aliphatic rings. The first-order valence-corrected chi connectivity index (χ1v) is 9.89. The van der Waals surface area contributed by atoms with Gasteiger partial charge in [-0.2, -0.15) is 0 Å². The maximum Gasteiger partial charge on any atom is 0.216 e. The SMILES string of the molecule is CC(C)(C)S(=O)(=O)NC1CCC(CNc2ccc(F)c(F)c2F)CC1. The highest BCUT2D eigenvalue weighted by Crippen LogP contribution is 2.27. The van der Waals surface area contributed by atoms with E-state index in [1.165, 1.54) is 6.07 Å². The van der Waals surface area contributed by atoms with Gasteiger partial charge >= 0.3 is 0 Å². The van der Waals surface area contributed by atoms with E-state index >= 15 is 0 Å². The quantitative estimate of drug-likeness (QED) is 0.767. The Bertz CT molecular complexity index is 709. The number of anilines is 1. The van der Waals surface area contributed by atoms with Crippen molar-refractivity contribution in [1.82, 2.24) is 4.72 Å². The summed E-state index contributed by atoms with van der Waals surface area (Å²) in [5, 5.41) is 2.82. The number of nitrogens with one attached hydrogen (secondary N) is 2. The van der Waals surface area contributed by atoms with Crippen molar-refractivity contribution in [3.63, 3.8) is 0 Å². The Hall–Kier alpha value is -1.28. The topological polar surface area (TPSA) is 58.2 Å². The zero-order valence-corrected chi connectivity index (χ0v) is 15.5. The van der Waals surface area contributed by atoms with Crippen LogP contribution in [0.2, 0.25) is 0 Å². The van der Waals surface area contributed by atoms with Crippen LogP contribution in [-0.2, 0) is 10.0 Å². The fourth-order valence-electron chi connectivity index (χ4n) is 2.80. The molecular weight excluding hydrogens is 353 g/mol. The second-order valence-corrected chi connectivity index (χ2v) is 10.0. The van der Waals surface area contributed by atoms with Crippen molar-refractivity contribution in [2.75, 3.05) is 11.9 Å². The molecular formula is C17H25F3N2O2S. The minimum absolute atomic E-state index is 0.0607. The van der Waals surface area contributed by atoms with Crippen LogP contribution in [0, 0.1) is 23.4 Å². The van der Waals surface area contributed by atoms with Crippen molar-refractivity contribution in [3.8, 4) is 0 Å². The molecule has 2 rings (SSSR count). The number of halogens is 3. The third-order valence-electron chi connectivity index (χ3n) is 4.59. The monoisotopic (exact) mass is 378 g/mol. The van der Waals surface area contributed by atoms with Gasteiger partial charge in [-0.3, -0.25) is 0 Å². The standard InChI is InChI=1S/C17H25F3N2O2S/c1-17(2,3)25(23,24)22-12-6-4-11(5-7-12)10-21-14-9-8-13(18)15(19)16(14)20/h8-9,11-12,21-22H,4-7,10H2,1-3H3. The van der Waals surface area contributed by atoms with E-state index in [1.54, 1.807) is 20.8 Å². The average molecular weight is 378 g/mol. The molecule has 0 radical (unpaired) electrons. The zero-order chi connectivity index (χ0) is 18.8. The molecule has 25 heavy (non-hydrogen) atoms. The molecule has 0 atom stereocenters. The van der Waals surface area contributed by atoms with Gasteiger partial charge in [0, 0.05) is 12.6 Å². The second-order valence-electron chi connectivity index (χ2n) is 7.56. The smallest absolute Gasteiger partial charge is 0.216 e. The zero-order valence-electron chi connectivity index (χ0n) is 14.7. The van der Waals surface area contributed by atoms with Crippen LogP contribution in [0.1, 0.15) is 46.5 Å². The molecule has 0 bridgehead atoms. The Morgan fingerprint density at radius 3 is 2.20 bits per heavy atom. The van der Waals surface area contributed by atoms with Crippen LogP contribution in [0.15, 0.2) is 12.1 Å². The summed E-state index contributed by atoms with van der Waals surface area (Å²) in [4.78, 5) is 0. The Kier molecular flexibility index (Phi) is 6.04. The summed E-state index contributed by atoms with van der Waals surface area (Å²) in [6.45, 7) is 5.39. The Balaban J connectivity index is 1.84. The molecule has 1 saturated carbocycles. The molecule has 0 amide bonds. The molecule has 142 valence electrons. The van der Waals surface area contributed by atoms with Crippen LogP contribution in [0.4, 0.5) is 18.9 Å². The summed E-state index contributed by atoms with van der Waals surface area (Å²) in [7, 11) is -3.38. The van der Waals surface area contributed by atoms with Gasteiger partial charge in [0.1, 0.15) is 0 Å². The van der Waals surface area contributed by atoms with Crippen molar-refractivity contribution in [3.05, 3.63) is 29.6 Å². The summed E-state index contributed by atoms with van der Waals surface area (Å²) in [6.07, 6.45) is 2.94. The highest BCUT2D eigenvalue weighted by Gasteiger charge is 2.32. The van der Waals surface area contributed by atoms with Crippen molar-refractivity contribution < 1.29 is 21.6 Å². The van der Waals surface area contributed by atoms with Crippen LogP contribution in [0.5, 0.6) is 0 Å². The van der Waals surface area contributed by atoms with Crippen LogP contribution in [0.25, 0.3) is 0 Å². The van der Waals surface area contributed by atoms with Crippen molar-refractivity contribution in [2.45, 2.75) is 57.2 Å². The van der Waals surface area contributed by atoms with E-state index in [0.29, 0.717) is 19.4 Å². The number of rotatable bonds is 5. The van der Waals surface area contributed by atoms with Gasteiger partial charge in [-0.15, -0.1) is 0 Å². The van der Waals surface area contributed by atoms with Crippen LogP contribution >= 0.6 is 0 Å². The normalized spacial score (nSPS) is 22.0. The minimum Gasteiger partial charge on any atom is -0.382 e. The molecule has 0 aromatic heterocycles. The number of benzene rings is 1. The van der Waals surface area contributed by atoms with Gasteiger partial charge in [-0.05, 0) is 64.5 Å². The average Bonchev–Trinajstić information content (AvgIpc) is 2.52. The summed E-state index contributed by atoms with van der Waals surface area (Å²) in [5.74, 6) is -3.69. The molecule has 8 heteroatoms. The van der Waals surface area contributed by atoms with Gasteiger partial charge in [0.25, 0.3) is 0 Å². The van der Waals surface area contributed by atoms with Crippen LogP contribution < -0.4 is 10.0 Å². The molecule has 1 aromatic rings. The Morgan fingerprint density at radius 1 is 1.04 bits per heavy atom. The molecule has 1 aliphatic carbocycles. The van der Waals surface area contributed by atoms with Gasteiger partial charge in [-0.1, -0.05) is 0 Å². The van der Waals surface area contributed by atoms with E-state index in [4.69, 9.17) is 0 Å². The maximum atomic E-state index is 13.6. The molecule has 0 spiro atoms. The summed E-state index contributed by atoms with van der Waals surface area (Å²) in [6, 6.07) is 1.97. The van der Waals surface area contributed by atoms with Crippen LogP contribution in [-0.4, -0.2) is 25.8 Å². The Morgan fingerprint density at radius 2 is 1.64 bits per heavy atom. The first-order chi connectivity index (χ1) is 11.5. The molecule has 2 N–H and O–H groups in total. The first-order valence-electron chi connectivity index (χ1n) is 8.40. The third kappa shape index (κ3) is 4.88. The molecule has 1 aromatic carbocycles. The van der Waals surface area contributed by atoms with Gasteiger partial charge in [0.15, 0.2) is 17.5 Å². The molecule has 1 fully saturated rings. The summed E-state index contributed by atoms with van der Waals surface area (Å²) < 4.78 is 66.0. The highest BCUT2D eigenvalue weighted by molar-refractivity contribution is 7.90. The minimum atomic E-state index is -3.38. The van der Waals surface area contributed by atoms with Crippen molar-refractivity contribution in [2.24, 2.45) is 5.92 Å². The van der Waals surface area contributed by atoms with E-state index < -0.39 is 32.2 Å². The lowest BCUT2D eigenvalue weighted by Gasteiger charge is -2.31. The number of sulfonamides is 1. The number of hydrogen-bond donors (Lipinski definition) is 2. The van der Waals surface area contributed by atoms with Crippen molar-refractivity contribution >= 4 is 15.7 Å². The van der Waals surface area contributed by atoms with E-state index in [2.05, 4.69) is 10.0 Å². The largest absolute Gasteiger partial charge is 0.382 e. The van der Waals surface area contributed by atoms with Gasteiger partial charge in [-0.25, -0.2) is 26.3 Å². The highest BCUT2D eigenvalue weighted by atomic mass is 32.2. The maximum absolute atomic E-state index is 13.6. The lowest BCUT2D eigenvalue weighted by Crippen LogP contribution is -2.46. The summed E-state index contributed by atoms with van der Waals surface area (Å²) in [5.41, 5.74) is -0.0607. The second kappa shape index (κ2) is 7.53. The van der Waals surface area contributed by atoms with E-state index in [-0.39, 0.29) is 17.6 Å².